The summed E-state index contributed by atoms with van der Waals surface area (Å²) in [5.41, 5.74) is -7.21. The van der Waals surface area contributed by atoms with Gasteiger partial charge in [-0.15, -0.1) is 20.4 Å². The standard InChI is InChI=1S/C33H44N4O8.C26H35F3N4O8/c1-21-19-24(37(29(38)44-31(3,4)5)30(39)45-32(6,7)8)25-27-35-36-28(43-27)33(9,41-20-23-13-11-10-12-14-23)16-18-40-17-15-22(2)42-26(21)34-25;1-14-13-16(33(21(34)40-23(3,4)5)22(35)41-24(6,7)8)17-19-31-32-20(39-19)25(36,26(27,28)29)10-12-37-11-9-15(2)38-18(14)30-17/h10-14,19,22H,15-18,20H2,1-9H3;13,15,36H,9-12H2,1-8H3/t22-,33?;15-,25?/m11/s1. The van der Waals surface area contributed by atoms with Crippen LogP contribution < -0.4 is 19.3 Å². The zero-order valence-corrected chi connectivity index (χ0v) is 51.8. The van der Waals surface area contributed by atoms with Gasteiger partial charge in [0.05, 0.1) is 50.0 Å². The Labute approximate surface area is 497 Å². The first-order valence-electron chi connectivity index (χ1n) is 28.0. The molecule has 1 aromatic carbocycles. The number of amides is 4. The van der Waals surface area contributed by atoms with Crippen molar-refractivity contribution >= 4 is 35.7 Å². The molecule has 0 saturated carbocycles. The fourth-order valence-electron chi connectivity index (χ4n) is 7.97. The third-order valence-electron chi connectivity index (χ3n) is 12.3. The highest BCUT2D eigenvalue weighted by Gasteiger charge is 2.59. The number of hydrogen-bond donors (Lipinski definition) is 1. The summed E-state index contributed by atoms with van der Waals surface area (Å²) in [6, 6.07) is 12.7. The topological polar surface area (TPSA) is 282 Å². The van der Waals surface area contributed by atoms with Gasteiger partial charge in [0, 0.05) is 43.4 Å². The first-order valence-corrected chi connectivity index (χ1v) is 28.0. The summed E-state index contributed by atoms with van der Waals surface area (Å²) < 4.78 is 106. The fourth-order valence-corrected chi connectivity index (χ4v) is 7.97. The number of aryl methyl sites for hydroxylation is 2. The molecular formula is C59H79F3N8O16. The normalized spacial score (nSPS) is 19.8. The Morgan fingerprint density at radius 3 is 1.37 bits per heavy atom. The maximum atomic E-state index is 14.0. The number of carbonyl (C=O) groups excluding carboxylic acids is 4. The Balaban J connectivity index is 0.000000276. The molecular weight excluding hydrogens is 1130 g/mol. The second kappa shape index (κ2) is 26.6. The molecule has 0 fully saturated rings. The lowest BCUT2D eigenvalue weighted by Crippen LogP contribution is -2.44. The van der Waals surface area contributed by atoms with Crippen molar-refractivity contribution in [3.63, 3.8) is 0 Å². The number of nitrogens with zero attached hydrogens (tertiary/aromatic N) is 8. The van der Waals surface area contributed by atoms with Gasteiger partial charge in [-0.05, 0) is 135 Å². The number of hydrogen-bond acceptors (Lipinski definition) is 22. The second-order valence-electron chi connectivity index (χ2n) is 24.9. The van der Waals surface area contributed by atoms with Gasteiger partial charge in [0.25, 0.3) is 17.7 Å². The minimum Gasteiger partial charge on any atom is -0.474 e. The van der Waals surface area contributed by atoms with Crippen molar-refractivity contribution in [2.45, 2.75) is 202 Å². The van der Waals surface area contributed by atoms with Crippen molar-refractivity contribution in [3.8, 4) is 34.9 Å². The number of fused-ring (bicyclic) bond motifs is 10. The van der Waals surface area contributed by atoms with E-state index in [1.54, 1.807) is 110 Å². The van der Waals surface area contributed by atoms with Gasteiger partial charge in [0.2, 0.25) is 23.3 Å². The number of anilines is 2. The number of imide groups is 2. The Morgan fingerprint density at radius 1 is 0.593 bits per heavy atom. The fraction of sp³-hybridized carbons (Fsp3) is 0.593. The van der Waals surface area contributed by atoms with E-state index in [1.165, 1.54) is 6.07 Å². The molecule has 0 saturated heterocycles. The Morgan fingerprint density at radius 2 is 0.977 bits per heavy atom. The molecule has 7 rings (SSSR count). The van der Waals surface area contributed by atoms with Crippen LogP contribution in [0.5, 0.6) is 11.8 Å². The summed E-state index contributed by atoms with van der Waals surface area (Å²) >= 11 is 0. The van der Waals surface area contributed by atoms with Crippen molar-refractivity contribution < 1.29 is 88.9 Å². The van der Waals surface area contributed by atoms with Crippen molar-refractivity contribution in [1.29, 1.82) is 0 Å². The van der Waals surface area contributed by atoms with Gasteiger partial charge in [0.1, 0.15) is 28.0 Å². The van der Waals surface area contributed by atoms with E-state index in [0.29, 0.717) is 48.7 Å². The number of halogens is 3. The van der Waals surface area contributed by atoms with E-state index in [2.05, 4.69) is 25.4 Å². The molecule has 4 aromatic heterocycles. The van der Waals surface area contributed by atoms with Crippen LogP contribution in [0.4, 0.5) is 43.7 Å². The Hall–Kier alpha value is -7.49. The van der Waals surface area contributed by atoms with Crippen LogP contribution in [-0.4, -0.2) is 127 Å². The smallest absolute Gasteiger partial charge is 0.426 e. The molecule has 2 aliphatic heterocycles. The lowest BCUT2D eigenvalue weighted by atomic mass is 9.99. The predicted octanol–water partition coefficient (Wildman–Crippen LogP) is 12.6. The number of alkyl halides is 3. The molecule has 1 N–H and O–H groups in total. The number of rotatable bonds is 5. The molecule has 0 radical (unpaired) electrons. The van der Waals surface area contributed by atoms with E-state index in [-0.39, 0.29) is 65.4 Å². The molecule has 24 nitrogen and oxygen atoms in total. The molecule has 86 heavy (non-hydrogen) atoms. The lowest BCUT2D eigenvalue weighted by molar-refractivity contribution is -0.279. The van der Waals surface area contributed by atoms with Crippen molar-refractivity contribution in [1.82, 2.24) is 30.4 Å². The number of pyridine rings is 2. The molecule has 0 aliphatic carbocycles. The van der Waals surface area contributed by atoms with Gasteiger partial charge >= 0.3 is 30.5 Å². The maximum Gasteiger partial charge on any atom is 0.426 e. The van der Waals surface area contributed by atoms with Gasteiger partial charge in [-0.3, -0.25) is 0 Å². The minimum atomic E-state index is -5.21. The van der Waals surface area contributed by atoms with Crippen LogP contribution in [0, 0.1) is 13.8 Å². The van der Waals surface area contributed by atoms with E-state index >= 15 is 0 Å². The first-order chi connectivity index (χ1) is 39.8. The van der Waals surface area contributed by atoms with Crippen molar-refractivity contribution in [2.75, 3.05) is 36.2 Å². The van der Waals surface area contributed by atoms with Gasteiger partial charge in [-0.1, -0.05) is 30.3 Å². The maximum absolute atomic E-state index is 14.0. The van der Waals surface area contributed by atoms with Gasteiger partial charge in [-0.25, -0.2) is 29.1 Å². The van der Waals surface area contributed by atoms with Crippen LogP contribution in [0.15, 0.2) is 51.3 Å². The quantitative estimate of drug-likeness (QED) is 0.160. The average Bonchev–Trinajstić information content (AvgIpc) is 2.77. The lowest BCUT2D eigenvalue weighted by Gasteiger charge is -2.29. The highest BCUT2D eigenvalue weighted by Crippen LogP contribution is 2.44. The van der Waals surface area contributed by atoms with Crippen LogP contribution in [0.25, 0.3) is 23.2 Å². The SMILES string of the molecule is Cc1cc(N(C(=O)OC(C)(C)C)C(=O)OC(C)(C)C)c2nc1O[C@H](C)CCOCCC(C)(OCc1ccccc1)c1nnc-2o1.Cc1cc(N(C(=O)OC(C)(C)C)C(=O)OC(C)(C)C)c2nc1O[C@H](C)CCOCCC(O)(C(F)(F)F)c1nnc-2o1. The van der Waals surface area contributed by atoms with Crippen LogP contribution >= 0.6 is 0 Å². The molecule has 472 valence electrons. The number of aliphatic hydroxyl groups is 1. The van der Waals surface area contributed by atoms with E-state index in [1.807, 2.05) is 44.2 Å². The molecule has 27 heteroatoms. The van der Waals surface area contributed by atoms with Crippen molar-refractivity contribution in [2.24, 2.45) is 0 Å². The Bertz CT molecular complexity index is 3110. The zero-order chi connectivity index (χ0) is 64.0. The van der Waals surface area contributed by atoms with Crippen LogP contribution in [0.2, 0.25) is 0 Å². The summed E-state index contributed by atoms with van der Waals surface area (Å²) in [7, 11) is 0. The van der Waals surface area contributed by atoms with Gasteiger partial charge in [0.15, 0.2) is 11.4 Å². The molecule has 2 aliphatic rings. The molecule has 4 atom stereocenters. The largest absolute Gasteiger partial charge is 0.474 e. The second-order valence-corrected chi connectivity index (χ2v) is 24.9. The van der Waals surface area contributed by atoms with Gasteiger partial charge < -0.3 is 56.6 Å². The number of carbonyl (C=O) groups is 4. The molecule has 6 heterocycles. The van der Waals surface area contributed by atoms with Crippen LogP contribution in [-0.2, 0) is 51.0 Å². The van der Waals surface area contributed by atoms with E-state index in [0.717, 1.165) is 10.5 Å². The highest BCUT2D eigenvalue weighted by atomic mass is 19.4. The monoisotopic (exact) mass is 1210 g/mol. The summed E-state index contributed by atoms with van der Waals surface area (Å²) in [6.45, 7) is 29.2. The van der Waals surface area contributed by atoms with Crippen LogP contribution in [0.3, 0.4) is 0 Å². The molecule has 2 unspecified atom stereocenters. The molecule has 0 spiro atoms. The third-order valence-corrected chi connectivity index (χ3v) is 12.3. The molecule has 8 bridgehead atoms. The van der Waals surface area contributed by atoms with Gasteiger partial charge in [-0.2, -0.15) is 23.0 Å². The number of aromatic nitrogens is 6. The Kier molecular flexibility index (Phi) is 20.9. The highest BCUT2D eigenvalue weighted by molar-refractivity contribution is 6.12. The summed E-state index contributed by atoms with van der Waals surface area (Å²) in [6.07, 6.45) is -9.84. The molecule has 5 aromatic rings. The molecule has 4 amide bonds. The predicted molar refractivity (Wildman–Crippen MR) is 303 cm³/mol. The van der Waals surface area contributed by atoms with Crippen molar-refractivity contribution in [3.05, 3.63) is 70.9 Å². The number of ether oxygens (including phenoxy) is 9. The minimum absolute atomic E-state index is 0.0208. The third kappa shape index (κ3) is 18.0. The summed E-state index contributed by atoms with van der Waals surface area (Å²) in [5, 5.41) is 26.4. The van der Waals surface area contributed by atoms with E-state index in [4.69, 9.17) is 56.5 Å². The first kappa shape index (κ1) is 67.6. The summed E-state index contributed by atoms with van der Waals surface area (Å²) in [4.78, 5) is 64.3. The zero-order valence-electron chi connectivity index (χ0n) is 51.8. The average molecular weight is 1210 g/mol. The van der Waals surface area contributed by atoms with E-state index < -0.39 is 95.1 Å². The number of benzene rings is 1. The van der Waals surface area contributed by atoms with E-state index in [9.17, 15) is 37.5 Å². The van der Waals surface area contributed by atoms with Crippen LogP contribution in [0.1, 0.15) is 158 Å². The summed E-state index contributed by atoms with van der Waals surface area (Å²) in [5.74, 6) is -1.39.